The van der Waals surface area contributed by atoms with Gasteiger partial charge in [-0.2, -0.15) is 15.0 Å². The Hall–Kier alpha value is -1.63. The molecule has 1 aliphatic heterocycles. The van der Waals surface area contributed by atoms with Crippen LogP contribution in [0.2, 0.25) is 0 Å². The molecule has 0 bridgehead atoms. The fourth-order valence-corrected chi connectivity index (χ4v) is 2.24. The first-order chi connectivity index (χ1) is 9.76. The summed E-state index contributed by atoms with van der Waals surface area (Å²) in [6, 6.07) is 0.386. The van der Waals surface area contributed by atoms with Crippen molar-refractivity contribution in [3.63, 3.8) is 0 Å². The maximum atomic E-state index is 5.52. The lowest BCUT2D eigenvalue weighted by Gasteiger charge is -2.17. The van der Waals surface area contributed by atoms with Crippen LogP contribution >= 0.6 is 0 Å². The standard InChI is InChI=1S/C13H23N5O2/c1-4-7-20-13-16-11(14-2)15-12(17-13)18-6-5-10(8-18)9-19-3/h10H,4-9H2,1-3H3,(H,14,15,16,17). The van der Waals surface area contributed by atoms with Crippen LogP contribution in [0.5, 0.6) is 6.01 Å². The minimum absolute atomic E-state index is 0.386. The Bertz CT molecular complexity index is 429. The van der Waals surface area contributed by atoms with Crippen LogP contribution in [-0.2, 0) is 4.74 Å². The third-order valence-electron chi connectivity index (χ3n) is 3.23. The number of aromatic nitrogens is 3. The van der Waals surface area contributed by atoms with Crippen molar-refractivity contribution in [2.75, 3.05) is 50.7 Å². The second kappa shape index (κ2) is 7.23. The molecule has 1 N–H and O–H groups in total. The number of ether oxygens (including phenoxy) is 2. The smallest absolute Gasteiger partial charge is 0.323 e. The number of methoxy groups -OCH3 is 1. The summed E-state index contributed by atoms with van der Waals surface area (Å²) in [5, 5.41) is 2.95. The van der Waals surface area contributed by atoms with Gasteiger partial charge in [-0.15, -0.1) is 0 Å². The van der Waals surface area contributed by atoms with Crippen molar-refractivity contribution in [1.29, 1.82) is 0 Å². The molecule has 0 radical (unpaired) electrons. The summed E-state index contributed by atoms with van der Waals surface area (Å²) in [5.74, 6) is 1.75. The van der Waals surface area contributed by atoms with Gasteiger partial charge in [0.25, 0.3) is 0 Å². The van der Waals surface area contributed by atoms with E-state index in [1.54, 1.807) is 14.2 Å². The number of anilines is 2. The molecule has 1 aliphatic rings. The van der Waals surface area contributed by atoms with Crippen molar-refractivity contribution in [2.24, 2.45) is 5.92 Å². The molecule has 2 heterocycles. The fraction of sp³-hybridized carbons (Fsp3) is 0.769. The van der Waals surface area contributed by atoms with E-state index in [1.807, 2.05) is 0 Å². The zero-order valence-corrected chi connectivity index (χ0v) is 12.4. The second-order valence-corrected chi connectivity index (χ2v) is 4.90. The lowest BCUT2D eigenvalue weighted by molar-refractivity contribution is 0.161. The Morgan fingerprint density at radius 1 is 1.35 bits per heavy atom. The number of nitrogens with zero attached hydrogens (tertiary/aromatic N) is 4. The average molecular weight is 281 g/mol. The first-order valence-electron chi connectivity index (χ1n) is 7.07. The van der Waals surface area contributed by atoms with E-state index in [9.17, 15) is 0 Å². The molecule has 0 saturated carbocycles. The number of rotatable bonds is 7. The van der Waals surface area contributed by atoms with E-state index in [0.717, 1.165) is 32.5 Å². The maximum Gasteiger partial charge on any atom is 0.323 e. The number of hydrogen-bond acceptors (Lipinski definition) is 7. The molecule has 20 heavy (non-hydrogen) atoms. The Labute approximate surface area is 119 Å². The predicted octanol–water partition coefficient (Wildman–Crippen LogP) is 1.17. The molecular weight excluding hydrogens is 258 g/mol. The van der Waals surface area contributed by atoms with E-state index in [2.05, 4.69) is 32.1 Å². The molecule has 7 heteroatoms. The van der Waals surface area contributed by atoms with E-state index in [-0.39, 0.29) is 0 Å². The first kappa shape index (κ1) is 14.8. The summed E-state index contributed by atoms with van der Waals surface area (Å²) >= 11 is 0. The minimum Gasteiger partial charge on any atom is -0.463 e. The molecule has 1 saturated heterocycles. The lowest BCUT2D eigenvalue weighted by Crippen LogP contribution is -2.24. The van der Waals surface area contributed by atoms with Crippen molar-refractivity contribution >= 4 is 11.9 Å². The fourth-order valence-electron chi connectivity index (χ4n) is 2.24. The van der Waals surface area contributed by atoms with Gasteiger partial charge in [0.15, 0.2) is 0 Å². The third-order valence-corrected chi connectivity index (χ3v) is 3.23. The summed E-state index contributed by atoms with van der Waals surface area (Å²) in [4.78, 5) is 15.2. The Morgan fingerprint density at radius 3 is 2.90 bits per heavy atom. The van der Waals surface area contributed by atoms with Gasteiger partial charge < -0.3 is 19.7 Å². The quantitative estimate of drug-likeness (QED) is 0.804. The average Bonchev–Trinajstić information content (AvgIpc) is 2.94. The van der Waals surface area contributed by atoms with E-state index in [0.29, 0.717) is 30.4 Å². The Morgan fingerprint density at radius 2 is 2.20 bits per heavy atom. The van der Waals surface area contributed by atoms with Crippen LogP contribution in [0.1, 0.15) is 19.8 Å². The topological polar surface area (TPSA) is 72.4 Å². The molecule has 1 fully saturated rings. The van der Waals surface area contributed by atoms with E-state index in [1.165, 1.54) is 0 Å². The van der Waals surface area contributed by atoms with E-state index in [4.69, 9.17) is 9.47 Å². The molecule has 1 atom stereocenters. The van der Waals surface area contributed by atoms with Gasteiger partial charge in [0, 0.05) is 33.2 Å². The zero-order valence-electron chi connectivity index (χ0n) is 12.4. The van der Waals surface area contributed by atoms with Crippen LogP contribution in [0.4, 0.5) is 11.9 Å². The van der Waals surface area contributed by atoms with Gasteiger partial charge in [0.05, 0.1) is 13.2 Å². The molecule has 1 unspecified atom stereocenters. The van der Waals surface area contributed by atoms with Crippen LogP contribution in [-0.4, -0.2) is 55.4 Å². The third kappa shape index (κ3) is 3.69. The zero-order chi connectivity index (χ0) is 14.4. The molecule has 0 amide bonds. The molecule has 7 nitrogen and oxygen atoms in total. The van der Waals surface area contributed by atoms with E-state index >= 15 is 0 Å². The summed E-state index contributed by atoms with van der Waals surface area (Å²) < 4.78 is 10.7. The predicted molar refractivity (Wildman–Crippen MR) is 77.4 cm³/mol. The highest BCUT2D eigenvalue weighted by Crippen LogP contribution is 2.23. The van der Waals surface area contributed by atoms with Crippen molar-refractivity contribution in [3.05, 3.63) is 0 Å². The van der Waals surface area contributed by atoms with Crippen LogP contribution in [0.15, 0.2) is 0 Å². The van der Waals surface area contributed by atoms with Crippen molar-refractivity contribution in [2.45, 2.75) is 19.8 Å². The van der Waals surface area contributed by atoms with Gasteiger partial charge in [-0.05, 0) is 12.8 Å². The monoisotopic (exact) mass is 281 g/mol. The van der Waals surface area contributed by atoms with Crippen LogP contribution in [0.3, 0.4) is 0 Å². The summed E-state index contributed by atoms with van der Waals surface area (Å²) in [6.45, 7) is 5.29. The molecule has 112 valence electrons. The number of hydrogen-bond donors (Lipinski definition) is 1. The van der Waals surface area contributed by atoms with Gasteiger partial charge in [0.1, 0.15) is 0 Å². The van der Waals surface area contributed by atoms with Crippen LogP contribution in [0, 0.1) is 5.92 Å². The van der Waals surface area contributed by atoms with Gasteiger partial charge in [-0.1, -0.05) is 6.92 Å². The molecule has 0 aliphatic carbocycles. The molecule has 0 aromatic carbocycles. The SMILES string of the molecule is CCCOc1nc(NC)nc(N2CCC(COC)C2)n1. The van der Waals surface area contributed by atoms with Crippen molar-refractivity contribution in [1.82, 2.24) is 15.0 Å². The largest absolute Gasteiger partial charge is 0.463 e. The molecule has 0 spiro atoms. The highest BCUT2D eigenvalue weighted by molar-refractivity contribution is 5.39. The molecule has 1 aromatic rings. The normalized spacial score (nSPS) is 18.4. The van der Waals surface area contributed by atoms with Gasteiger partial charge in [-0.3, -0.25) is 0 Å². The Kier molecular flexibility index (Phi) is 5.34. The summed E-state index contributed by atoms with van der Waals surface area (Å²) in [5.41, 5.74) is 0. The summed E-state index contributed by atoms with van der Waals surface area (Å²) in [6.07, 6.45) is 2.02. The van der Waals surface area contributed by atoms with Gasteiger partial charge in [-0.25, -0.2) is 0 Å². The highest BCUT2D eigenvalue weighted by Gasteiger charge is 2.25. The minimum atomic E-state index is 0.386. The second-order valence-electron chi connectivity index (χ2n) is 4.90. The van der Waals surface area contributed by atoms with E-state index < -0.39 is 0 Å². The Balaban J connectivity index is 2.10. The molecular formula is C13H23N5O2. The lowest BCUT2D eigenvalue weighted by atomic mass is 10.1. The van der Waals surface area contributed by atoms with Crippen LogP contribution < -0.4 is 15.0 Å². The first-order valence-corrected chi connectivity index (χ1v) is 7.07. The molecule has 2 rings (SSSR count). The number of nitrogens with one attached hydrogen (secondary N) is 1. The van der Waals surface area contributed by atoms with Gasteiger partial charge in [0.2, 0.25) is 11.9 Å². The highest BCUT2D eigenvalue weighted by atomic mass is 16.5. The van der Waals surface area contributed by atoms with Crippen LogP contribution in [0.25, 0.3) is 0 Å². The van der Waals surface area contributed by atoms with Crippen molar-refractivity contribution in [3.8, 4) is 6.01 Å². The van der Waals surface area contributed by atoms with Gasteiger partial charge >= 0.3 is 6.01 Å². The maximum absolute atomic E-state index is 5.52. The molecule has 1 aromatic heterocycles. The summed E-state index contributed by atoms with van der Waals surface area (Å²) in [7, 11) is 3.53. The van der Waals surface area contributed by atoms with Crippen molar-refractivity contribution < 1.29 is 9.47 Å².